The topological polar surface area (TPSA) is 99.6 Å². The Kier molecular flexibility index (Phi) is 7.20. The Hall–Kier alpha value is -3.03. The van der Waals surface area contributed by atoms with Gasteiger partial charge in [-0.2, -0.15) is 9.78 Å². The number of hydrogen-bond donors (Lipinski definition) is 0. The van der Waals surface area contributed by atoms with Gasteiger partial charge >= 0.3 is 5.69 Å². The quantitative estimate of drug-likeness (QED) is 0.185. The first kappa shape index (κ1) is 22.7. The Morgan fingerprint density at radius 3 is 2.81 bits per heavy atom. The lowest BCUT2D eigenvalue weighted by Crippen LogP contribution is -2.22. The van der Waals surface area contributed by atoms with E-state index in [0.717, 1.165) is 10.9 Å². The second-order valence-corrected chi connectivity index (χ2v) is 8.17. The molecule has 0 aliphatic rings. The summed E-state index contributed by atoms with van der Waals surface area (Å²) in [5.41, 5.74) is 0.383. The summed E-state index contributed by atoms with van der Waals surface area (Å²) < 4.78 is 7.61. The Bertz CT molecular complexity index is 1300. The summed E-state index contributed by atoms with van der Waals surface area (Å²) in [4.78, 5) is 28.5. The van der Waals surface area contributed by atoms with E-state index in [1.165, 1.54) is 17.0 Å². The highest BCUT2D eigenvalue weighted by Gasteiger charge is 2.20. The lowest BCUT2D eigenvalue weighted by molar-refractivity contribution is -0.385. The molecule has 0 N–H and O–H groups in total. The van der Waals surface area contributed by atoms with E-state index in [-0.39, 0.29) is 23.6 Å². The number of nitrogens with zero attached hydrogens (tertiary/aromatic N) is 4. The number of rotatable bonds is 7. The molecule has 1 heterocycles. The molecule has 3 rings (SSSR count). The highest BCUT2D eigenvalue weighted by molar-refractivity contribution is 9.10. The van der Waals surface area contributed by atoms with Gasteiger partial charge in [-0.05, 0) is 46.6 Å². The van der Waals surface area contributed by atoms with Crippen molar-refractivity contribution in [3.63, 3.8) is 0 Å². The van der Waals surface area contributed by atoms with E-state index >= 15 is 0 Å². The molecule has 0 fully saturated rings. The Labute approximate surface area is 194 Å². The molecular formula is C21H16Br2N4O4. The molecule has 0 aliphatic heterocycles. The van der Waals surface area contributed by atoms with E-state index in [1.807, 2.05) is 13.0 Å². The van der Waals surface area contributed by atoms with Crippen LogP contribution < -0.4 is 10.3 Å². The zero-order valence-electron chi connectivity index (χ0n) is 16.3. The summed E-state index contributed by atoms with van der Waals surface area (Å²) in [7, 11) is 0. The third-order valence-electron chi connectivity index (χ3n) is 4.21. The van der Waals surface area contributed by atoms with Crippen molar-refractivity contribution >= 4 is 54.7 Å². The standard InChI is InChI=1S/C21H16Br2N4O4/c1-3-5-19-25-17-7-6-14(22)11-15(17)21(28)26(19)24-12-13-9-16(23)20(31-8-4-2)18(10-13)27(29)30/h2,6-7,9-12H,3,5,8H2,1H3. The van der Waals surface area contributed by atoms with E-state index < -0.39 is 4.92 Å². The number of halogens is 2. The molecule has 0 aliphatic carbocycles. The number of fused-ring (bicyclic) bond motifs is 1. The number of aryl methyl sites for hydroxylation is 1. The van der Waals surface area contributed by atoms with Crippen LogP contribution in [0.3, 0.4) is 0 Å². The van der Waals surface area contributed by atoms with E-state index in [2.05, 4.69) is 47.9 Å². The average molecular weight is 548 g/mol. The highest BCUT2D eigenvalue weighted by atomic mass is 79.9. The number of hydrogen-bond acceptors (Lipinski definition) is 6. The average Bonchev–Trinajstić information content (AvgIpc) is 2.73. The molecule has 2 aromatic carbocycles. The molecule has 10 heteroatoms. The molecule has 0 saturated carbocycles. The van der Waals surface area contributed by atoms with E-state index in [1.54, 1.807) is 18.2 Å². The van der Waals surface area contributed by atoms with Crippen LogP contribution in [0.5, 0.6) is 5.75 Å². The van der Waals surface area contributed by atoms with E-state index in [4.69, 9.17) is 11.2 Å². The lowest BCUT2D eigenvalue weighted by Gasteiger charge is -2.09. The molecule has 8 nitrogen and oxygen atoms in total. The summed E-state index contributed by atoms with van der Waals surface area (Å²) >= 11 is 6.63. The van der Waals surface area contributed by atoms with Crippen molar-refractivity contribution < 1.29 is 9.66 Å². The maximum absolute atomic E-state index is 13.0. The van der Waals surface area contributed by atoms with Gasteiger partial charge in [-0.15, -0.1) is 6.42 Å². The third-order valence-corrected chi connectivity index (χ3v) is 5.30. The second-order valence-electron chi connectivity index (χ2n) is 6.40. The molecule has 158 valence electrons. The minimum absolute atomic E-state index is 0.0289. The van der Waals surface area contributed by atoms with Crippen LogP contribution in [0.1, 0.15) is 24.7 Å². The molecule has 0 amide bonds. The fraction of sp³-hybridized carbons (Fsp3) is 0.190. The Morgan fingerprint density at radius 1 is 1.35 bits per heavy atom. The zero-order valence-corrected chi connectivity index (χ0v) is 19.5. The molecule has 1 aromatic heterocycles. The minimum atomic E-state index is -0.572. The minimum Gasteiger partial charge on any atom is -0.473 e. The smallest absolute Gasteiger partial charge is 0.312 e. The molecule has 0 radical (unpaired) electrons. The maximum Gasteiger partial charge on any atom is 0.312 e. The molecule has 0 spiro atoms. The second kappa shape index (κ2) is 9.85. The normalized spacial score (nSPS) is 11.0. The predicted octanol–water partition coefficient (Wildman–Crippen LogP) is 4.68. The first-order valence-electron chi connectivity index (χ1n) is 9.15. The van der Waals surface area contributed by atoms with Crippen LogP contribution >= 0.6 is 31.9 Å². The zero-order chi connectivity index (χ0) is 22.5. The van der Waals surface area contributed by atoms with Crippen LogP contribution in [0.2, 0.25) is 0 Å². The monoisotopic (exact) mass is 546 g/mol. The Morgan fingerprint density at radius 2 is 2.13 bits per heavy atom. The van der Waals surface area contributed by atoms with Crippen molar-refractivity contribution in [2.24, 2.45) is 5.10 Å². The fourth-order valence-electron chi connectivity index (χ4n) is 2.89. The molecule has 0 unspecified atom stereocenters. The lowest BCUT2D eigenvalue weighted by atomic mass is 10.2. The van der Waals surface area contributed by atoms with Crippen molar-refractivity contribution in [3.05, 3.63) is 71.1 Å². The molecule has 0 saturated heterocycles. The predicted molar refractivity (Wildman–Crippen MR) is 126 cm³/mol. The van der Waals surface area contributed by atoms with Crippen LogP contribution in [0.15, 0.2) is 49.2 Å². The summed E-state index contributed by atoms with van der Waals surface area (Å²) in [5.74, 6) is 2.80. The van der Waals surface area contributed by atoms with Crippen molar-refractivity contribution in [3.8, 4) is 18.1 Å². The van der Waals surface area contributed by atoms with E-state index in [0.29, 0.717) is 33.2 Å². The van der Waals surface area contributed by atoms with Gasteiger partial charge in [-0.1, -0.05) is 28.8 Å². The van der Waals surface area contributed by atoms with Gasteiger partial charge in [0.25, 0.3) is 5.56 Å². The summed E-state index contributed by atoms with van der Waals surface area (Å²) in [6.07, 6.45) is 7.85. The van der Waals surface area contributed by atoms with Crippen molar-refractivity contribution in [1.29, 1.82) is 0 Å². The van der Waals surface area contributed by atoms with Gasteiger partial charge in [-0.3, -0.25) is 14.9 Å². The summed E-state index contributed by atoms with van der Waals surface area (Å²) in [6.45, 7) is 1.86. The van der Waals surface area contributed by atoms with Crippen LogP contribution in [-0.2, 0) is 6.42 Å². The number of benzene rings is 2. The van der Waals surface area contributed by atoms with Crippen molar-refractivity contribution in [2.75, 3.05) is 6.61 Å². The van der Waals surface area contributed by atoms with Crippen LogP contribution in [-0.4, -0.2) is 27.4 Å². The van der Waals surface area contributed by atoms with Crippen molar-refractivity contribution in [2.45, 2.75) is 19.8 Å². The Balaban J connectivity index is 2.11. The number of aromatic nitrogens is 2. The van der Waals surface area contributed by atoms with Gasteiger partial charge in [0.1, 0.15) is 12.4 Å². The number of nitro benzene ring substituents is 1. The first-order chi connectivity index (χ1) is 14.8. The van der Waals surface area contributed by atoms with Gasteiger partial charge in [0.15, 0.2) is 0 Å². The van der Waals surface area contributed by atoms with Crippen molar-refractivity contribution in [1.82, 2.24) is 9.66 Å². The number of nitro groups is 1. The fourth-order valence-corrected chi connectivity index (χ4v) is 3.83. The van der Waals surface area contributed by atoms with Gasteiger partial charge in [-0.25, -0.2) is 4.98 Å². The van der Waals surface area contributed by atoms with Crippen LogP contribution in [0.25, 0.3) is 10.9 Å². The summed E-state index contributed by atoms with van der Waals surface area (Å²) in [6, 6.07) is 8.17. The SMILES string of the molecule is C#CCOc1c(Br)cc(C=Nn2c(CCC)nc3ccc(Br)cc3c2=O)cc1[N+](=O)[O-]. The number of ether oxygens (including phenoxy) is 1. The van der Waals surface area contributed by atoms with Gasteiger partial charge < -0.3 is 4.74 Å². The van der Waals surface area contributed by atoms with E-state index in [9.17, 15) is 14.9 Å². The highest BCUT2D eigenvalue weighted by Crippen LogP contribution is 2.36. The molecule has 0 bridgehead atoms. The molecule has 0 atom stereocenters. The molecule has 31 heavy (non-hydrogen) atoms. The number of terminal acetylenes is 1. The molecule has 3 aromatic rings. The third kappa shape index (κ3) is 5.00. The maximum atomic E-state index is 13.0. The summed E-state index contributed by atoms with van der Waals surface area (Å²) in [5, 5.41) is 16.2. The van der Waals surface area contributed by atoms with Crippen LogP contribution in [0.4, 0.5) is 5.69 Å². The molecular weight excluding hydrogens is 532 g/mol. The van der Waals surface area contributed by atoms with Crippen LogP contribution in [0, 0.1) is 22.5 Å². The largest absolute Gasteiger partial charge is 0.473 e. The van der Waals surface area contributed by atoms with Gasteiger partial charge in [0.05, 0.1) is 26.5 Å². The van der Waals surface area contributed by atoms with Gasteiger partial charge in [0.2, 0.25) is 5.75 Å². The van der Waals surface area contributed by atoms with Gasteiger partial charge in [0, 0.05) is 22.5 Å². The first-order valence-corrected chi connectivity index (χ1v) is 10.7.